The van der Waals surface area contributed by atoms with Crippen LogP contribution in [0, 0.1) is 5.92 Å². The molecule has 2 aliphatic heterocycles. The molecule has 2 fully saturated rings. The summed E-state index contributed by atoms with van der Waals surface area (Å²) < 4.78 is 10.0. The zero-order chi connectivity index (χ0) is 10.6. The maximum atomic E-state index is 5.35. The lowest BCUT2D eigenvalue weighted by molar-refractivity contribution is 0.187. The predicted molar refractivity (Wildman–Crippen MR) is 58.1 cm³/mol. The summed E-state index contributed by atoms with van der Waals surface area (Å²) in [6, 6.07) is 0. The van der Waals surface area contributed by atoms with Gasteiger partial charge in [0.1, 0.15) is 0 Å². The largest absolute Gasteiger partial charge is 0.381 e. The highest BCUT2D eigenvalue weighted by Crippen LogP contribution is 2.08. The second-order valence-electron chi connectivity index (χ2n) is 3.28. The summed E-state index contributed by atoms with van der Waals surface area (Å²) in [5.74, 6) is 0.653. The molecule has 4 N–H and O–H groups in total. The first-order chi connectivity index (χ1) is 6.93. The fourth-order valence-corrected chi connectivity index (χ4v) is 1.28. The molecule has 0 spiro atoms. The van der Waals surface area contributed by atoms with Crippen molar-refractivity contribution in [2.45, 2.75) is 19.3 Å². The molecule has 86 valence electrons. The van der Waals surface area contributed by atoms with E-state index in [2.05, 4.69) is 5.73 Å². The molecule has 2 saturated heterocycles. The summed E-state index contributed by atoms with van der Waals surface area (Å²) in [5.41, 5.74) is 9.85. The number of rotatable bonds is 1. The van der Waals surface area contributed by atoms with Gasteiger partial charge >= 0.3 is 0 Å². The van der Waals surface area contributed by atoms with Crippen molar-refractivity contribution < 1.29 is 9.47 Å². The summed E-state index contributed by atoms with van der Waals surface area (Å²) in [7, 11) is 1.50. The van der Waals surface area contributed by atoms with Crippen molar-refractivity contribution >= 4 is 0 Å². The van der Waals surface area contributed by atoms with Gasteiger partial charge in [0.25, 0.3) is 0 Å². The van der Waals surface area contributed by atoms with Crippen LogP contribution in [0.25, 0.3) is 0 Å². The van der Waals surface area contributed by atoms with Crippen LogP contribution in [0.1, 0.15) is 19.3 Å². The lowest BCUT2D eigenvalue weighted by Gasteiger charge is -1.97. The van der Waals surface area contributed by atoms with Crippen LogP contribution in [0.4, 0.5) is 0 Å². The molecule has 2 heterocycles. The minimum atomic E-state index is 0.653. The van der Waals surface area contributed by atoms with E-state index in [1.807, 2.05) is 0 Å². The molecule has 0 unspecified atom stereocenters. The molecule has 2 rings (SSSR count). The van der Waals surface area contributed by atoms with E-state index < -0.39 is 0 Å². The number of nitrogens with two attached hydrogens (primary N) is 2. The van der Waals surface area contributed by atoms with Gasteiger partial charge in [-0.2, -0.15) is 0 Å². The van der Waals surface area contributed by atoms with E-state index in [0.717, 1.165) is 39.4 Å². The third-order valence-electron chi connectivity index (χ3n) is 2.18. The van der Waals surface area contributed by atoms with Gasteiger partial charge in [-0.05, 0) is 38.8 Å². The summed E-state index contributed by atoms with van der Waals surface area (Å²) in [6.07, 6.45) is 3.72. The van der Waals surface area contributed by atoms with Crippen LogP contribution in [0.2, 0.25) is 0 Å². The van der Waals surface area contributed by atoms with E-state index >= 15 is 0 Å². The Kier molecular flexibility index (Phi) is 10.8. The molecule has 1 atom stereocenters. The van der Waals surface area contributed by atoms with Gasteiger partial charge in [0.05, 0.1) is 6.61 Å². The molecule has 0 aliphatic carbocycles. The first-order valence-electron chi connectivity index (χ1n) is 5.37. The van der Waals surface area contributed by atoms with Crippen molar-refractivity contribution in [3.05, 3.63) is 0 Å². The molecule has 0 saturated carbocycles. The molecule has 4 heteroatoms. The minimum absolute atomic E-state index is 0.653. The Morgan fingerprint density at radius 2 is 1.71 bits per heavy atom. The molecular formula is C10H24N2O2. The number of hydrogen-bond acceptors (Lipinski definition) is 4. The standard InChI is InChI=1S/C5H11NO.C4H8O.CH5N/c6-3-5-1-2-7-4-5;1-2-4-5-3-1;1-2/h5H,1-4,6H2;1-4H2;2H2,1H3/t5-;;/m0../s1. The maximum Gasteiger partial charge on any atom is 0.0507 e. The van der Waals surface area contributed by atoms with Gasteiger partial charge in [-0.25, -0.2) is 0 Å². The number of hydrogen-bond donors (Lipinski definition) is 2. The Hall–Kier alpha value is -0.160. The van der Waals surface area contributed by atoms with Crippen molar-refractivity contribution in [3.8, 4) is 0 Å². The minimum Gasteiger partial charge on any atom is -0.381 e. The van der Waals surface area contributed by atoms with E-state index in [-0.39, 0.29) is 0 Å². The third kappa shape index (κ3) is 7.26. The molecule has 0 aromatic rings. The Bertz CT molecular complexity index is 94.7. The van der Waals surface area contributed by atoms with E-state index in [4.69, 9.17) is 15.2 Å². The topological polar surface area (TPSA) is 70.5 Å². The Morgan fingerprint density at radius 3 is 1.93 bits per heavy atom. The summed E-state index contributed by atoms with van der Waals surface area (Å²) in [4.78, 5) is 0. The van der Waals surface area contributed by atoms with Crippen molar-refractivity contribution in [2.75, 3.05) is 40.0 Å². The van der Waals surface area contributed by atoms with Gasteiger partial charge < -0.3 is 20.9 Å². The zero-order valence-electron chi connectivity index (χ0n) is 9.21. The van der Waals surface area contributed by atoms with E-state index in [9.17, 15) is 0 Å². The second-order valence-corrected chi connectivity index (χ2v) is 3.28. The molecule has 0 amide bonds. The molecule has 4 nitrogen and oxygen atoms in total. The second kappa shape index (κ2) is 10.9. The summed E-state index contributed by atoms with van der Waals surface area (Å²) in [5, 5.41) is 0. The first kappa shape index (κ1) is 13.8. The molecule has 0 aromatic heterocycles. The van der Waals surface area contributed by atoms with Crippen molar-refractivity contribution in [2.24, 2.45) is 17.4 Å². The van der Waals surface area contributed by atoms with Gasteiger partial charge in [0, 0.05) is 19.8 Å². The van der Waals surface area contributed by atoms with Crippen LogP contribution < -0.4 is 11.5 Å². The van der Waals surface area contributed by atoms with Gasteiger partial charge in [-0.15, -0.1) is 0 Å². The first-order valence-corrected chi connectivity index (χ1v) is 5.37. The smallest absolute Gasteiger partial charge is 0.0507 e. The normalized spacial score (nSPS) is 24.6. The van der Waals surface area contributed by atoms with Crippen LogP contribution >= 0.6 is 0 Å². The van der Waals surface area contributed by atoms with E-state index in [0.29, 0.717) is 5.92 Å². The van der Waals surface area contributed by atoms with Gasteiger partial charge in [-0.3, -0.25) is 0 Å². The maximum absolute atomic E-state index is 5.35. The molecule has 0 bridgehead atoms. The molecule has 14 heavy (non-hydrogen) atoms. The van der Waals surface area contributed by atoms with Crippen LogP contribution in [0.15, 0.2) is 0 Å². The van der Waals surface area contributed by atoms with Crippen molar-refractivity contribution in [1.82, 2.24) is 0 Å². The lowest BCUT2D eigenvalue weighted by atomic mass is 10.1. The van der Waals surface area contributed by atoms with Crippen LogP contribution in [-0.4, -0.2) is 40.0 Å². The van der Waals surface area contributed by atoms with Gasteiger partial charge in [-0.1, -0.05) is 0 Å². The molecular weight excluding hydrogens is 180 g/mol. The van der Waals surface area contributed by atoms with Crippen LogP contribution in [0.5, 0.6) is 0 Å². The van der Waals surface area contributed by atoms with Gasteiger partial charge in [0.15, 0.2) is 0 Å². The number of ether oxygens (including phenoxy) is 2. The average molecular weight is 204 g/mol. The molecule has 2 aliphatic rings. The molecule has 0 radical (unpaired) electrons. The van der Waals surface area contributed by atoms with Crippen molar-refractivity contribution in [3.63, 3.8) is 0 Å². The predicted octanol–water partition coefficient (Wildman–Crippen LogP) is 0.353. The van der Waals surface area contributed by atoms with Crippen molar-refractivity contribution in [1.29, 1.82) is 0 Å². The van der Waals surface area contributed by atoms with E-state index in [1.54, 1.807) is 0 Å². The highest BCUT2D eigenvalue weighted by molar-refractivity contribution is 4.63. The highest BCUT2D eigenvalue weighted by atomic mass is 16.5. The Balaban J connectivity index is 0.000000213. The Labute approximate surface area is 86.9 Å². The highest BCUT2D eigenvalue weighted by Gasteiger charge is 2.12. The van der Waals surface area contributed by atoms with E-state index in [1.165, 1.54) is 19.9 Å². The monoisotopic (exact) mass is 204 g/mol. The Morgan fingerprint density at radius 1 is 1.07 bits per heavy atom. The molecule has 0 aromatic carbocycles. The van der Waals surface area contributed by atoms with Gasteiger partial charge in [0.2, 0.25) is 0 Å². The average Bonchev–Trinajstić information content (AvgIpc) is 2.97. The summed E-state index contributed by atoms with van der Waals surface area (Å²) >= 11 is 0. The van der Waals surface area contributed by atoms with Crippen LogP contribution in [-0.2, 0) is 9.47 Å². The van der Waals surface area contributed by atoms with Crippen LogP contribution in [0.3, 0.4) is 0 Å². The zero-order valence-corrected chi connectivity index (χ0v) is 9.21. The summed E-state index contributed by atoms with van der Waals surface area (Å²) in [6.45, 7) is 4.60. The lowest BCUT2D eigenvalue weighted by Crippen LogP contribution is -2.13. The quantitative estimate of drug-likeness (QED) is 0.646. The third-order valence-corrected chi connectivity index (χ3v) is 2.18. The fraction of sp³-hybridized carbons (Fsp3) is 1.00. The fourth-order valence-electron chi connectivity index (χ4n) is 1.28. The SMILES string of the molecule is C1CCOC1.CN.NC[C@@H]1CCOC1.